The standard InChI is InChI=1S/C15H16F3NO/c1-3-4-5-9-14(20)19-11(2)12-7-6-8-13(10-12)15(16,17)18/h3-11H,1-2H3,(H,19,20). The zero-order valence-corrected chi connectivity index (χ0v) is 11.2. The van der Waals surface area contributed by atoms with Crippen LogP contribution in [0, 0.1) is 0 Å². The highest BCUT2D eigenvalue weighted by Gasteiger charge is 2.30. The first-order valence-electron chi connectivity index (χ1n) is 6.11. The fraction of sp³-hybridized carbons (Fsp3) is 0.267. The van der Waals surface area contributed by atoms with Crippen LogP contribution in [0.4, 0.5) is 13.2 Å². The molecule has 0 radical (unpaired) electrons. The van der Waals surface area contributed by atoms with Crippen molar-refractivity contribution in [2.45, 2.75) is 26.1 Å². The van der Waals surface area contributed by atoms with Gasteiger partial charge in [-0.05, 0) is 31.5 Å². The Balaban J connectivity index is 2.78. The maximum atomic E-state index is 12.6. The predicted octanol–water partition coefficient (Wildman–Crippen LogP) is 4.01. The van der Waals surface area contributed by atoms with Crippen molar-refractivity contribution in [1.82, 2.24) is 5.32 Å². The summed E-state index contributed by atoms with van der Waals surface area (Å²) in [5.74, 6) is -0.354. The first-order valence-corrected chi connectivity index (χ1v) is 6.11. The summed E-state index contributed by atoms with van der Waals surface area (Å²) in [4.78, 5) is 11.5. The zero-order chi connectivity index (χ0) is 15.2. The maximum Gasteiger partial charge on any atom is 0.416 e. The van der Waals surface area contributed by atoms with Crippen LogP contribution in [-0.4, -0.2) is 5.91 Å². The lowest BCUT2D eigenvalue weighted by Gasteiger charge is -2.15. The van der Waals surface area contributed by atoms with E-state index in [-0.39, 0.29) is 5.91 Å². The molecule has 1 unspecified atom stereocenters. The number of hydrogen-bond donors (Lipinski definition) is 1. The van der Waals surface area contributed by atoms with Crippen molar-refractivity contribution in [2.24, 2.45) is 0 Å². The number of allylic oxidation sites excluding steroid dienone is 3. The van der Waals surface area contributed by atoms with Crippen LogP contribution in [0.5, 0.6) is 0 Å². The SMILES string of the molecule is CC=CC=CC(=O)NC(C)c1cccc(C(F)(F)F)c1. The van der Waals surface area contributed by atoms with Crippen LogP contribution in [0.25, 0.3) is 0 Å². The average Bonchev–Trinajstić information content (AvgIpc) is 2.38. The van der Waals surface area contributed by atoms with E-state index in [4.69, 9.17) is 0 Å². The Kier molecular flexibility index (Phi) is 5.55. The summed E-state index contributed by atoms with van der Waals surface area (Å²) in [6.45, 7) is 3.45. The Morgan fingerprint density at radius 2 is 2.00 bits per heavy atom. The van der Waals surface area contributed by atoms with Crippen LogP contribution < -0.4 is 5.32 Å². The van der Waals surface area contributed by atoms with Crippen molar-refractivity contribution in [3.05, 3.63) is 59.7 Å². The number of alkyl halides is 3. The molecule has 2 nitrogen and oxygen atoms in total. The smallest absolute Gasteiger partial charge is 0.346 e. The molecule has 0 aromatic heterocycles. The first kappa shape index (κ1) is 16.0. The fourth-order valence-corrected chi connectivity index (χ4v) is 1.58. The summed E-state index contributed by atoms with van der Waals surface area (Å²) < 4.78 is 37.8. The Morgan fingerprint density at radius 3 is 2.60 bits per heavy atom. The number of carbonyl (C=O) groups excluding carboxylic acids is 1. The molecule has 0 aliphatic rings. The highest BCUT2D eigenvalue weighted by molar-refractivity contribution is 5.88. The average molecular weight is 283 g/mol. The van der Waals surface area contributed by atoms with Gasteiger partial charge in [-0.2, -0.15) is 13.2 Å². The molecular weight excluding hydrogens is 267 g/mol. The van der Waals surface area contributed by atoms with Crippen LogP contribution in [-0.2, 0) is 11.0 Å². The number of nitrogens with one attached hydrogen (secondary N) is 1. The van der Waals surface area contributed by atoms with Crippen LogP contribution >= 0.6 is 0 Å². The van der Waals surface area contributed by atoms with E-state index < -0.39 is 17.8 Å². The van der Waals surface area contributed by atoms with E-state index in [1.54, 1.807) is 31.2 Å². The molecule has 1 N–H and O–H groups in total. The molecule has 0 aliphatic carbocycles. The molecule has 108 valence electrons. The van der Waals surface area contributed by atoms with Gasteiger partial charge in [0.25, 0.3) is 0 Å². The van der Waals surface area contributed by atoms with E-state index in [2.05, 4.69) is 5.32 Å². The van der Waals surface area contributed by atoms with Crippen molar-refractivity contribution in [1.29, 1.82) is 0 Å². The third-order valence-corrected chi connectivity index (χ3v) is 2.62. The lowest BCUT2D eigenvalue weighted by molar-refractivity contribution is -0.137. The maximum absolute atomic E-state index is 12.6. The Labute approximate surface area is 116 Å². The van der Waals surface area contributed by atoms with Gasteiger partial charge in [-0.1, -0.05) is 30.4 Å². The van der Waals surface area contributed by atoms with Crippen molar-refractivity contribution < 1.29 is 18.0 Å². The molecule has 0 saturated heterocycles. The van der Waals surface area contributed by atoms with E-state index in [0.29, 0.717) is 5.56 Å². The summed E-state index contributed by atoms with van der Waals surface area (Å²) in [5.41, 5.74) is -0.312. The largest absolute Gasteiger partial charge is 0.416 e. The number of amides is 1. The van der Waals surface area contributed by atoms with Crippen LogP contribution in [0.2, 0.25) is 0 Å². The normalized spacial score (nSPS) is 13.8. The molecule has 1 aromatic rings. The first-order chi connectivity index (χ1) is 9.34. The fourth-order valence-electron chi connectivity index (χ4n) is 1.58. The van der Waals surface area contributed by atoms with Crippen molar-refractivity contribution in [3.8, 4) is 0 Å². The minimum Gasteiger partial charge on any atom is -0.346 e. The van der Waals surface area contributed by atoms with Gasteiger partial charge in [0.05, 0.1) is 11.6 Å². The molecule has 0 spiro atoms. The summed E-state index contributed by atoms with van der Waals surface area (Å²) in [5, 5.41) is 2.61. The van der Waals surface area contributed by atoms with Crippen molar-refractivity contribution >= 4 is 5.91 Å². The number of benzene rings is 1. The molecule has 20 heavy (non-hydrogen) atoms. The summed E-state index contributed by atoms with van der Waals surface area (Å²) in [6.07, 6.45) is 1.96. The molecule has 0 heterocycles. The monoisotopic (exact) mass is 283 g/mol. The van der Waals surface area contributed by atoms with E-state index in [0.717, 1.165) is 12.1 Å². The lowest BCUT2D eigenvalue weighted by Crippen LogP contribution is -2.24. The van der Waals surface area contributed by atoms with Gasteiger partial charge in [0.2, 0.25) is 5.91 Å². The molecule has 1 amide bonds. The van der Waals surface area contributed by atoms with Gasteiger partial charge in [0.15, 0.2) is 0 Å². The molecule has 0 aliphatic heterocycles. The zero-order valence-electron chi connectivity index (χ0n) is 11.2. The summed E-state index contributed by atoms with van der Waals surface area (Å²) in [6, 6.07) is 4.43. The Bertz CT molecular complexity index is 518. The van der Waals surface area contributed by atoms with E-state index >= 15 is 0 Å². The summed E-state index contributed by atoms with van der Waals surface area (Å²) >= 11 is 0. The van der Waals surface area contributed by atoms with Gasteiger partial charge < -0.3 is 5.32 Å². The summed E-state index contributed by atoms with van der Waals surface area (Å²) in [7, 11) is 0. The second-order valence-electron chi connectivity index (χ2n) is 4.24. The van der Waals surface area contributed by atoms with Gasteiger partial charge in [0.1, 0.15) is 0 Å². The number of halogens is 3. The van der Waals surface area contributed by atoms with E-state index in [9.17, 15) is 18.0 Å². The van der Waals surface area contributed by atoms with Gasteiger partial charge in [0, 0.05) is 6.08 Å². The van der Waals surface area contributed by atoms with Gasteiger partial charge in [-0.15, -0.1) is 0 Å². The Hall–Kier alpha value is -2.04. The van der Waals surface area contributed by atoms with Crippen LogP contribution in [0.1, 0.15) is 31.0 Å². The molecule has 1 aromatic carbocycles. The highest BCUT2D eigenvalue weighted by Crippen LogP contribution is 2.30. The minimum absolute atomic E-state index is 0.354. The van der Waals surface area contributed by atoms with Crippen molar-refractivity contribution in [3.63, 3.8) is 0 Å². The molecule has 0 bridgehead atoms. The van der Waals surface area contributed by atoms with E-state index in [1.165, 1.54) is 12.1 Å². The number of rotatable bonds is 4. The topological polar surface area (TPSA) is 29.1 Å². The number of hydrogen-bond acceptors (Lipinski definition) is 1. The third-order valence-electron chi connectivity index (χ3n) is 2.62. The van der Waals surface area contributed by atoms with Crippen LogP contribution in [0.15, 0.2) is 48.6 Å². The van der Waals surface area contributed by atoms with Gasteiger partial charge in [-0.3, -0.25) is 4.79 Å². The molecule has 5 heteroatoms. The minimum atomic E-state index is -4.38. The molecule has 1 rings (SSSR count). The number of carbonyl (C=O) groups is 1. The second kappa shape index (κ2) is 6.93. The quantitative estimate of drug-likeness (QED) is 0.656. The van der Waals surface area contributed by atoms with Crippen molar-refractivity contribution in [2.75, 3.05) is 0 Å². The Morgan fingerprint density at radius 1 is 1.30 bits per heavy atom. The molecule has 1 atom stereocenters. The predicted molar refractivity (Wildman–Crippen MR) is 72.0 cm³/mol. The van der Waals surface area contributed by atoms with Gasteiger partial charge in [-0.25, -0.2) is 0 Å². The van der Waals surface area contributed by atoms with Crippen LogP contribution in [0.3, 0.4) is 0 Å². The molecule has 0 fully saturated rings. The van der Waals surface area contributed by atoms with Gasteiger partial charge >= 0.3 is 6.18 Å². The van der Waals surface area contributed by atoms with E-state index in [1.807, 2.05) is 6.92 Å². The highest BCUT2D eigenvalue weighted by atomic mass is 19.4. The third kappa shape index (κ3) is 4.91. The molecule has 0 saturated carbocycles. The lowest BCUT2D eigenvalue weighted by atomic mass is 10.0. The molecular formula is C15H16F3NO. The second-order valence-corrected chi connectivity index (χ2v) is 4.24.